The minimum atomic E-state index is -3.87. The highest BCUT2D eigenvalue weighted by molar-refractivity contribution is 7.53. The molecule has 0 spiro atoms. The van der Waals surface area contributed by atoms with Crippen LogP contribution in [0.5, 0.6) is 0 Å². The predicted molar refractivity (Wildman–Crippen MR) is 119 cm³/mol. The molecule has 1 saturated heterocycles. The van der Waals surface area contributed by atoms with Crippen LogP contribution in [0.25, 0.3) is 11.2 Å². The van der Waals surface area contributed by atoms with E-state index in [1.54, 1.807) is 18.5 Å². The second-order valence-electron chi connectivity index (χ2n) is 8.35. The van der Waals surface area contributed by atoms with E-state index in [0.717, 1.165) is 0 Å². The Hall–Kier alpha value is -1.62. The zero-order valence-electron chi connectivity index (χ0n) is 19.2. The van der Waals surface area contributed by atoms with Crippen molar-refractivity contribution in [3.63, 3.8) is 0 Å². The normalized spacial score (nSPS) is 26.9. The van der Waals surface area contributed by atoms with Crippen LogP contribution in [0.2, 0.25) is 0 Å². The third kappa shape index (κ3) is 4.55. The van der Waals surface area contributed by atoms with Crippen molar-refractivity contribution < 1.29 is 28.9 Å². The van der Waals surface area contributed by atoms with E-state index in [4.69, 9.17) is 9.26 Å². The molecule has 6 unspecified atom stereocenters. The fraction of sp³-hybridized carbons (Fsp3) is 0.750. The number of rotatable bonds is 10. The van der Waals surface area contributed by atoms with E-state index in [-0.39, 0.29) is 6.42 Å². The third-order valence-electron chi connectivity index (χ3n) is 6.54. The number of nitrogens with zero attached hydrogens (tertiary/aromatic N) is 4. The average molecular weight is 471 g/mol. The minimum Gasteiger partial charge on any atom is -0.388 e. The van der Waals surface area contributed by atoms with Crippen LogP contribution in [-0.2, 0) is 13.8 Å². The number of ether oxygens (including phenoxy) is 1. The highest BCUT2D eigenvalue weighted by Gasteiger charge is 2.49. The number of hydrogen-bond donors (Lipinski definition) is 4. The van der Waals surface area contributed by atoms with Crippen molar-refractivity contribution in [2.75, 3.05) is 12.4 Å². The second kappa shape index (κ2) is 9.70. The van der Waals surface area contributed by atoms with Gasteiger partial charge < -0.3 is 29.7 Å². The number of aliphatic hydroxyl groups is 2. The molecule has 2 aromatic rings. The van der Waals surface area contributed by atoms with Gasteiger partial charge >= 0.3 is 7.60 Å². The van der Waals surface area contributed by atoms with Crippen LogP contribution in [0, 0.1) is 0 Å². The van der Waals surface area contributed by atoms with E-state index in [1.807, 2.05) is 20.8 Å². The zero-order chi connectivity index (χ0) is 23.7. The molecule has 0 saturated carbocycles. The van der Waals surface area contributed by atoms with E-state index >= 15 is 0 Å². The maximum atomic E-state index is 12.8. The lowest BCUT2D eigenvalue weighted by atomic mass is 9.88. The number of aromatic nitrogens is 4. The van der Waals surface area contributed by atoms with E-state index in [0.29, 0.717) is 36.2 Å². The van der Waals surface area contributed by atoms with Gasteiger partial charge in [-0.25, -0.2) is 15.0 Å². The van der Waals surface area contributed by atoms with Crippen molar-refractivity contribution in [2.45, 2.75) is 89.2 Å². The summed E-state index contributed by atoms with van der Waals surface area (Å²) in [5.74, 6) is 0.534. The van der Waals surface area contributed by atoms with E-state index < -0.39 is 43.4 Å². The van der Waals surface area contributed by atoms with E-state index in [9.17, 15) is 19.7 Å². The van der Waals surface area contributed by atoms with Gasteiger partial charge in [-0.3, -0.25) is 9.13 Å². The molecule has 180 valence electrons. The first kappa shape index (κ1) is 25.0. The molecule has 0 radical (unpaired) electrons. The topological polar surface area (TPSA) is 152 Å². The van der Waals surface area contributed by atoms with Crippen molar-refractivity contribution >= 4 is 24.6 Å². The Labute approximate surface area is 187 Å². The van der Waals surface area contributed by atoms with Crippen molar-refractivity contribution in [1.82, 2.24) is 19.5 Å². The Bertz CT molecular complexity index is 967. The minimum absolute atomic E-state index is 0.152. The maximum absolute atomic E-state index is 12.8. The summed E-state index contributed by atoms with van der Waals surface area (Å²) in [6.45, 7) is 7.26. The molecule has 1 fully saturated rings. The molecule has 0 aliphatic carbocycles. The van der Waals surface area contributed by atoms with E-state index in [2.05, 4.69) is 20.3 Å². The first-order chi connectivity index (χ1) is 15.1. The lowest BCUT2D eigenvalue weighted by Gasteiger charge is -2.37. The van der Waals surface area contributed by atoms with Gasteiger partial charge in [0.2, 0.25) is 0 Å². The molecule has 0 amide bonds. The SMILES string of the molecule is CCC(C)P(=O)(O)OC(CC)(CC)CC1OC(n2cnc3c(NC)ncnc32)C(O)C1O. The van der Waals surface area contributed by atoms with Gasteiger partial charge in [-0.1, -0.05) is 27.7 Å². The van der Waals surface area contributed by atoms with Gasteiger partial charge in [-0.2, -0.15) is 0 Å². The number of anilines is 1. The summed E-state index contributed by atoms with van der Waals surface area (Å²) >= 11 is 0. The van der Waals surface area contributed by atoms with Crippen molar-refractivity contribution in [3.8, 4) is 0 Å². The first-order valence-electron chi connectivity index (χ1n) is 11.0. The fourth-order valence-corrected chi connectivity index (χ4v) is 5.55. The lowest BCUT2D eigenvalue weighted by molar-refractivity contribution is -0.0713. The smallest absolute Gasteiger partial charge is 0.331 e. The summed E-state index contributed by atoms with van der Waals surface area (Å²) in [7, 11) is -2.16. The molecule has 3 rings (SSSR count). The van der Waals surface area contributed by atoms with Gasteiger partial charge in [0, 0.05) is 13.5 Å². The molecule has 4 N–H and O–H groups in total. The Balaban J connectivity index is 1.86. The quantitative estimate of drug-likeness (QED) is 0.380. The number of aliphatic hydroxyl groups excluding tert-OH is 2. The van der Waals surface area contributed by atoms with Gasteiger partial charge in [-0.15, -0.1) is 0 Å². The molecule has 1 aliphatic rings. The summed E-state index contributed by atoms with van der Waals surface area (Å²) in [6, 6.07) is 0. The molecule has 1 aliphatic heterocycles. The molecule has 11 nitrogen and oxygen atoms in total. The second-order valence-corrected chi connectivity index (χ2v) is 10.5. The van der Waals surface area contributed by atoms with Crippen molar-refractivity contribution in [1.29, 1.82) is 0 Å². The summed E-state index contributed by atoms with van der Waals surface area (Å²) in [6.07, 6.45) is 0.216. The molecule has 0 bridgehead atoms. The summed E-state index contributed by atoms with van der Waals surface area (Å²) in [4.78, 5) is 23.2. The molecule has 0 aromatic carbocycles. The molecule has 2 aromatic heterocycles. The Morgan fingerprint density at radius 1 is 1.25 bits per heavy atom. The molecule has 12 heteroatoms. The molecular formula is C20H34N5O6P. The maximum Gasteiger partial charge on any atom is 0.331 e. The number of nitrogens with one attached hydrogen (secondary N) is 1. The molecule has 3 heterocycles. The van der Waals surface area contributed by atoms with Crippen LogP contribution < -0.4 is 5.32 Å². The number of imidazole rings is 1. The molecule has 6 atom stereocenters. The van der Waals surface area contributed by atoms with Crippen LogP contribution in [0.4, 0.5) is 5.82 Å². The van der Waals surface area contributed by atoms with Gasteiger partial charge in [0.15, 0.2) is 17.7 Å². The van der Waals surface area contributed by atoms with Gasteiger partial charge in [0.05, 0.1) is 23.7 Å². The van der Waals surface area contributed by atoms with Crippen LogP contribution in [0.3, 0.4) is 0 Å². The third-order valence-corrected chi connectivity index (χ3v) is 8.67. The Morgan fingerprint density at radius 3 is 2.53 bits per heavy atom. The Morgan fingerprint density at radius 2 is 1.94 bits per heavy atom. The average Bonchev–Trinajstić information content (AvgIpc) is 3.33. The Kier molecular flexibility index (Phi) is 7.59. The van der Waals surface area contributed by atoms with Crippen LogP contribution >= 0.6 is 7.60 Å². The fourth-order valence-electron chi connectivity index (χ4n) is 4.02. The summed E-state index contributed by atoms with van der Waals surface area (Å²) < 4.78 is 26.3. The van der Waals surface area contributed by atoms with Crippen molar-refractivity contribution in [2.24, 2.45) is 0 Å². The first-order valence-corrected chi connectivity index (χ1v) is 12.7. The standard InChI is InChI=1S/C20H34N5O6P/c1-6-12(4)32(28,29)31-20(7-2,8-3)9-13-15(26)16(27)19(30-13)25-11-24-14-17(21-5)22-10-23-18(14)25/h10-13,15-16,19,26-27H,6-9H2,1-5H3,(H,28,29)(H,21,22,23). The molecule has 32 heavy (non-hydrogen) atoms. The highest BCUT2D eigenvalue weighted by atomic mass is 31.2. The predicted octanol–water partition coefficient (Wildman–Crippen LogP) is 2.44. The van der Waals surface area contributed by atoms with Crippen LogP contribution in [0.15, 0.2) is 12.7 Å². The largest absolute Gasteiger partial charge is 0.388 e. The monoisotopic (exact) mass is 471 g/mol. The van der Waals surface area contributed by atoms with Gasteiger partial charge in [0.1, 0.15) is 24.1 Å². The highest BCUT2D eigenvalue weighted by Crippen LogP contribution is 2.54. The summed E-state index contributed by atoms with van der Waals surface area (Å²) in [5.41, 5.74) is -0.525. The van der Waals surface area contributed by atoms with Gasteiger partial charge in [0.25, 0.3) is 0 Å². The number of hydrogen-bond acceptors (Lipinski definition) is 9. The summed E-state index contributed by atoms with van der Waals surface area (Å²) in [5, 5.41) is 24.5. The van der Waals surface area contributed by atoms with Crippen molar-refractivity contribution in [3.05, 3.63) is 12.7 Å². The van der Waals surface area contributed by atoms with E-state index in [1.165, 1.54) is 12.7 Å². The van der Waals surface area contributed by atoms with Crippen LogP contribution in [-0.4, -0.2) is 71.2 Å². The zero-order valence-corrected chi connectivity index (χ0v) is 20.1. The van der Waals surface area contributed by atoms with Gasteiger partial charge in [-0.05, 0) is 19.3 Å². The van der Waals surface area contributed by atoms with Crippen LogP contribution in [0.1, 0.15) is 59.6 Å². The number of fused-ring (bicyclic) bond motifs is 1. The lowest BCUT2D eigenvalue weighted by Crippen LogP contribution is -2.40. The molecular weight excluding hydrogens is 437 g/mol.